The topological polar surface area (TPSA) is 102 Å². The molecule has 29 heavy (non-hydrogen) atoms. The van der Waals surface area contributed by atoms with E-state index in [2.05, 4.69) is 10.6 Å². The van der Waals surface area contributed by atoms with E-state index in [-0.39, 0.29) is 12.4 Å². The Labute approximate surface area is 167 Å². The summed E-state index contributed by atoms with van der Waals surface area (Å²) in [5.74, 6) is -1.40. The van der Waals surface area contributed by atoms with Crippen molar-refractivity contribution in [1.82, 2.24) is 15.5 Å². The van der Waals surface area contributed by atoms with E-state index in [9.17, 15) is 18.8 Å². The molecule has 0 spiro atoms. The lowest BCUT2D eigenvalue weighted by Crippen LogP contribution is -2.43. The summed E-state index contributed by atoms with van der Waals surface area (Å²) in [5, 5.41) is 14.1. The van der Waals surface area contributed by atoms with Crippen LogP contribution in [0.2, 0.25) is 0 Å². The highest BCUT2D eigenvalue weighted by Gasteiger charge is 2.49. The van der Waals surface area contributed by atoms with E-state index >= 15 is 0 Å². The van der Waals surface area contributed by atoms with Gasteiger partial charge in [0.25, 0.3) is 5.91 Å². The number of urea groups is 1. The summed E-state index contributed by atoms with van der Waals surface area (Å²) in [6, 6.07) is 12.1. The Morgan fingerprint density at radius 2 is 1.93 bits per heavy atom. The number of hydrogen-bond donors (Lipinski definition) is 2. The van der Waals surface area contributed by atoms with E-state index in [4.69, 9.17) is 5.26 Å². The Morgan fingerprint density at radius 3 is 2.55 bits per heavy atom. The van der Waals surface area contributed by atoms with Crippen LogP contribution in [0.15, 0.2) is 42.5 Å². The Hall–Kier alpha value is -3.73. The molecule has 0 aliphatic carbocycles. The minimum atomic E-state index is -1.32. The van der Waals surface area contributed by atoms with Crippen LogP contribution in [0.25, 0.3) is 0 Å². The maximum absolute atomic E-state index is 13.3. The van der Waals surface area contributed by atoms with Crippen LogP contribution in [-0.2, 0) is 21.7 Å². The van der Waals surface area contributed by atoms with Crippen LogP contribution in [0.4, 0.5) is 9.18 Å². The van der Waals surface area contributed by atoms with Crippen molar-refractivity contribution in [2.75, 3.05) is 6.54 Å². The van der Waals surface area contributed by atoms with Crippen molar-refractivity contribution in [3.63, 3.8) is 0 Å². The quantitative estimate of drug-likeness (QED) is 0.758. The highest BCUT2D eigenvalue weighted by Crippen LogP contribution is 2.28. The summed E-state index contributed by atoms with van der Waals surface area (Å²) in [4.78, 5) is 38.3. The average Bonchev–Trinajstić information content (AvgIpc) is 2.93. The summed E-state index contributed by atoms with van der Waals surface area (Å²) in [7, 11) is 0. The number of nitriles is 1. The van der Waals surface area contributed by atoms with Crippen LogP contribution in [0.1, 0.15) is 29.2 Å². The van der Waals surface area contributed by atoms with Gasteiger partial charge in [0.2, 0.25) is 5.91 Å². The molecule has 1 heterocycles. The van der Waals surface area contributed by atoms with Crippen molar-refractivity contribution < 1.29 is 18.8 Å². The van der Waals surface area contributed by atoms with Crippen molar-refractivity contribution >= 4 is 17.8 Å². The summed E-state index contributed by atoms with van der Waals surface area (Å²) < 4.78 is 13.3. The molecule has 1 atom stereocenters. The molecule has 2 aromatic rings. The van der Waals surface area contributed by atoms with Crippen molar-refractivity contribution in [2.45, 2.75) is 25.9 Å². The molecule has 1 aliphatic rings. The first kappa shape index (κ1) is 20.0. The summed E-state index contributed by atoms with van der Waals surface area (Å²) >= 11 is 0. The van der Waals surface area contributed by atoms with E-state index in [1.165, 1.54) is 6.07 Å². The van der Waals surface area contributed by atoms with Crippen LogP contribution in [0.3, 0.4) is 0 Å². The van der Waals surface area contributed by atoms with Crippen LogP contribution >= 0.6 is 0 Å². The zero-order chi connectivity index (χ0) is 21.2. The molecule has 2 N–H and O–H groups in total. The van der Waals surface area contributed by atoms with Crippen LogP contribution in [0.5, 0.6) is 0 Å². The number of carbonyl (C=O) groups is 3. The van der Waals surface area contributed by atoms with E-state index in [0.29, 0.717) is 22.3 Å². The molecule has 0 aromatic heterocycles. The molecule has 7 nitrogen and oxygen atoms in total. The van der Waals surface area contributed by atoms with Crippen LogP contribution in [-0.4, -0.2) is 29.3 Å². The Kier molecular flexibility index (Phi) is 5.33. The smallest absolute Gasteiger partial charge is 0.325 e. The summed E-state index contributed by atoms with van der Waals surface area (Å²) in [6.07, 6.45) is 0. The largest absolute Gasteiger partial charge is 0.350 e. The number of benzene rings is 2. The van der Waals surface area contributed by atoms with Gasteiger partial charge in [-0.2, -0.15) is 5.26 Å². The monoisotopic (exact) mass is 394 g/mol. The second-order valence-electron chi connectivity index (χ2n) is 7.00. The lowest BCUT2D eigenvalue weighted by Gasteiger charge is -2.22. The molecule has 8 heteroatoms. The molecule has 1 unspecified atom stereocenters. The average molecular weight is 394 g/mol. The third-order valence-corrected chi connectivity index (χ3v) is 4.88. The van der Waals surface area contributed by atoms with Gasteiger partial charge in [-0.15, -0.1) is 0 Å². The van der Waals surface area contributed by atoms with Gasteiger partial charge in [0.05, 0.1) is 11.6 Å². The molecule has 0 radical (unpaired) electrons. The maximum atomic E-state index is 13.3. The van der Waals surface area contributed by atoms with Crippen LogP contribution < -0.4 is 10.6 Å². The van der Waals surface area contributed by atoms with Crippen molar-refractivity contribution in [3.8, 4) is 6.07 Å². The summed E-state index contributed by atoms with van der Waals surface area (Å²) in [6.45, 7) is 2.89. The Bertz CT molecular complexity index is 1030. The fourth-order valence-corrected chi connectivity index (χ4v) is 3.13. The van der Waals surface area contributed by atoms with Crippen molar-refractivity contribution in [3.05, 3.63) is 70.5 Å². The van der Waals surface area contributed by atoms with Crippen molar-refractivity contribution in [2.24, 2.45) is 0 Å². The third-order valence-electron chi connectivity index (χ3n) is 4.88. The number of halogens is 1. The third kappa shape index (κ3) is 3.94. The van der Waals surface area contributed by atoms with Crippen LogP contribution in [0, 0.1) is 24.1 Å². The van der Waals surface area contributed by atoms with Crippen molar-refractivity contribution in [1.29, 1.82) is 5.26 Å². The van der Waals surface area contributed by atoms with Gasteiger partial charge in [-0.25, -0.2) is 9.18 Å². The molecule has 2 aromatic carbocycles. The van der Waals surface area contributed by atoms with Gasteiger partial charge < -0.3 is 10.6 Å². The molecule has 4 amide bonds. The predicted octanol–water partition coefficient (Wildman–Crippen LogP) is 2.09. The molecule has 3 rings (SSSR count). The number of nitrogens with one attached hydrogen (secondary N) is 2. The number of aryl methyl sites for hydroxylation is 1. The number of carbonyl (C=O) groups excluding carboxylic acids is 3. The molecule has 1 aliphatic heterocycles. The second-order valence-corrected chi connectivity index (χ2v) is 7.00. The predicted molar refractivity (Wildman–Crippen MR) is 102 cm³/mol. The number of imide groups is 1. The lowest BCUT2D eigenvalue weighted by molar-refractivity contribution is -0.134. The van der Waals surface area contributed by atoms with Gasteiger partial charge in [0, 0.05) is 6.54 Å². The Morgan fingerprint density at radius 1 is 1.24 bits per heavy atom. The minimum absolute atomic E-state index is 0.149. The first-order valence-electron chi connectivity index (χ1n) is 8.91. The Balaban J connectivity index is 1.66. The molecular weight excluding hydrogens is 375 g/mol. The van der Waals surface area contributed by atoms with Gasteiger partial charge >= 0.3 is 6.03 Å². The van der Waals surface area contributed by atoms with Gasteiger partial charge in [-0.1, -0.05) is 24.3 Å². The number of nitrogens with zero attached hydrogens (tertiary/aromatic N) is 2. The van der Waals surface area contributed by atoms with E-state index < -0.39 is 29.9 Å². The second kappa shape index (κ2) is 7.72. The molecule has 148 valence electrons. The zero-order valence-corrected chi connectivity index (χ0v) is 16.0. The normalized spacial score (nSPS) is 18.3. The molecular formula is C21H19FN4O3. The standard InChI is InChI=1S/C21H19FN4O3/c1-13-9-15(5-8-17(13)22)11-24-18(27)12-26-19(28)21(2,25-20(26)29)16-6-3-14(10-23)4-7-16/h3-9H,11-12H2,1-2H3,(H,24,27)(H,25,29). The molecule has 0 saturated carbocycles. The summed E-state index contributed by atoms with van der Waals surface area (Å²) in [5.41, 5.74) is 0.793. The van der Waals surface area contributed by atoms with E-state index in [0.717, 1.165) is 4.90 Å². The number of rotatable bonds is 5. The van der Waals surface area contributed by atoms with Gasteiger partial charge in [0.15, 0.2) is 0 Å². The van der Waals surface area contributed by atoms with Gasteiger partial charge in [-0.3, -0.25) is 14.5 Å². The highest BCUT2D eigenvalue weighted by atomic mass is 19.1. The highest BCUT2D eigenvalue weighted by molar-refractivity contribution is 6.09. The fourth-order valence-electron chi connectivity index (χ4n) is 3.13. The van der Waals surface area contributed by atoms with Gasteiger partial charge in [0.1, 0.15) is 17.9 Å². The first-order valence-corrected chi connectivity index (χ1v) is 8.91. The van der Waals surface area contributed by atoms with E-state index in [1.54, 1.807) is 50.2 Å². The molecule has 1 saturated heterocycles. The molecule has 0 bridgehead atoms. The van der Waals surface area contributed by atoms with Gasteiger partial charge in [-0.05, 0) is 48.7 Å². The minimum Gasteiger partial charge on any atom is -0.350 e. The molecule has 1 fully saturated rings. The lowest BCUT2D eigenvalue weighted by atomic mass is 9.91. The van der Waals surface area contributed by atoms with E-state index in [1.807, 2.05) is 6.07 Å². The fraction of sp³-hybridized carbons (Fsp3) is 0.238. The zero-order valence-electron chi connectivity index (χ0n) is 16.0. The maximum Gasteiger partial charge on any atom is 0.325 e. The number of amides is 4. The first-order chi connectivity index (χ1) is 13.7. The SMILES string of the molecule is Cc1cc(CNC(=O)CN2C(=O)NC(C)(c3ccc(C#N)cc3)C2=O)ccc1F. The number of hydrogen-bond acceptors (Lipinski definition) is 4.